The first-order valence-electron chi connectivity index (χ1n) is 10.3. The quantitative estimate of drug-likeness (QED) is 0.666. The van der Waals surface area contributed by atoms with Crippen molar-refractivity contribution >= 4 is 18.9 Å². The molecule has 3 aromatic rings. The summed E-state index contributed by atoms with van der Waals surface area (Å²) in [6, 6.07) is 15.8. The number of rotatable bonds is 3. The van der Waals surface area contributed by atoms with E-state index >= 15 is 0 Å². The van der Waals surface area contributed by atoms with Crippen LogP contribution in [-0.4, -0.2) is 41.1 Å². The minimum atomic E-state index is 0.0275. The summed E-state index contributed by atoms with van der Waals surface area (Å²) in [4.78, 5) is 21.9. The van der Waals surface area contributed by atoms with Gasteiger partial charge in [0.25, 0.3) is 5.91 Å². The normalized spacial score (nSPS) is 15.1. The van der Waals surface area contributed by atoms with E-state index in [0.717, 1.165) is 31.4 Å². The van der Waals surface area contributed by atoms with Crippen LogP contribution in [0.3, 0.4) is 0 Å². The highest BCUT2D eigenvalue weighted by Crippen LogP contribution is 2.17. The largest absolute Gasteiger partial charge is 0.397 e. The molecule has 2 N–H and O–H groups in total. The maximum absolute atomic E-state index is 12.1. The van der Waals surface area contributed by atoms with Gasteiger partial charge in [-0.1, -0.05) is 49.4 Å². The second kappa shape index (κ2) is 10.9. The summed E-state index contributed by atoms with van der Waals surface area (Å²) in [5.74, 6) is 0.492. The van der Waals surface area contributed by atoms with Crippen molar-refractivity contribution in [3.8, 4) is 6.07 Å². The van der Waals surface area contributed by atoms with Crippen LogP contribution in [0.2, 0.25) is 12.1 Å². The van der Waals surface area contributed by atoms with Crippen LogP contribution in [0.25, 0.3) is 0 Å². The first-order chi connectivity index (χ1) is 15.0. The Hall–Kier alpha value is -3.66. The molecule has 0 saturated carbocycles. The summed E-state index contributed by atoms with van der Waals surface area (Å²) >= 11 is 0. The fourth-order valence-electron chi connectivity index (χ4n) is 3.45. The molecule has 31 heavy (non-hydrogen) atoms. The fourth-order valence-corrected chi connectivity index (χ4v) is 3.45. The van der Waals surface area contributed by atoms with Gasteiger partial charge in [-0.2, -0.15) is 5.26 Å². The Morgan fingerprint density at radius 1 is 1.16 bits per heavy atom. The number of carbonyl (C=O) groups is 1. The molecule has 3 heterocycles. The van der Waals surface area contributed by atoms with E-state index in [1.807, 2.05) is 29.2 Å². The predicted molar refractivity (Wildman–Crippen MR) is 123 cm³/mol. The fraction of sp³-hybridized carbons (Fsp3) is 0.250. The van der Waals surface area contributed by atoms with E-state index in [9.17, 15) is 4.79 Å². The van der Waals surface area contributed by atoms with Crippen LogP contribution in [0.1, 0.15) is 34.0 Å². The number of pyridine rings is 2. The second-order valence-corrected chi connectivity index (χ2v) is 7.62. The number of hydrogen-bond donors (Lipinski definition) is 1. The number of benzene rings is 1. The Labute approximate surface area is 184 Å². The zero-order valence-electron chi connectivity index (χ0n) is 17.6. The molecule has 6 nitrogen and oxygen atoms in total. The first-order valence-corrected chi connectivity index (χ1v) is 10.3. The molecule has 1 atom stereocenters. The van der Waals surface area contributed by atoms with Gasteiger partial charge in [0.1, 0.15) is 13.3 Å². The molecule has 0 spiro atoms. The number of nitrogens with two attached hydrogens (primary N) is 1. The Bertz CT molecular complexity index is 1050. The number of aromatic nitrogens is 2. The lowest BCUT2D eigenvalue weighted by molar-refractivity contribution is 0.0756. The summed E-state index contributed by atoms with van der Waals surface area (Å²) in [5, 5.41) is 8.74. The van der Waals surface area contributed by atoms with Crippen molar-refractivity contribution in [2.45, 2.75) is 25.5 Å². The van der Waals surface area contributed by atoms with E-state index in [0.29, 0.717) is 22.6 Å². The molecular weight excluding hydrogens is 385 g/mol. The van der Waals surface area contributed by atoms with Gasteiger partial charge < -0.3 is 10.6 Å². The first kappa shape index (κ1) is 22.0. The molecule has 1 aromatic carbocycles. The van der Waals surface area contributed by atoms with E-state index in [1.54, 1.807) is 30.9 Å². The van der Waals surface area contributed by atoms with E-state index in [4.69, 9.17) is 11.0 Å². The lowest BCUT2D eigenvalue weighted by atomic mass is 9.60. The lowest BCUT2D eigenvalue weighted by Crippen LogP contribution is -2.39. The summed E-state index contributed by atoms with van der Waals surface area (Å²) in [5.41, 5.74) is 9.64. The Morgan fingerprint density at radius 3 is 2.65 bits per heavy atom. The van der Waals surface area contributed by atoms with E-state index in [1.165, 1.54) is 5.56 Å². The number of anilines is 1. The number of nitrogen functional groups attached to an aromatic ring is 1. The van der Waals surface area contributed by atoms with Gasteiger partial charge in [-0.25, -0.2) is 0 Å². The van der Waals surface area contributed by atoms with Crippen LogP contribution < -0.4 is 5.73 Å². The molecule has 1 aliphatic heterocycles. The molecule has 1 fully saturated rings. The lowest BCUT2D eigenvalue weighted by Gasteiger charge is -2.30. The molecule has 1 radical (unpaired) electrons. The number of carbonyl (C=O) groups excluding carboxylic acids is 1. The molecule has 1 amide bonds. The summed E-state index contributed by atoms with van der Waals surface area (Å²) in [6.45, 7) is 3.70. The molecule has 1 unspecified atom stereocenters. The Morgan fingerprint density at radius 2 is 1.94 bits per heavy atom. The Balaban J connectivity index is 0.000000176. The third kappa shape index (κ3) is 6.68. The van der Waals surface area contributed by atoms with Crippen LogP contribution in [0, 0.1) is 11.3 Å². The molecule has 1 saturated heterocycles. The zero-order chi connectivity index (χ0) is 22.1. The van der Waals surface area contributed by atoms with Gasteiger partial charge in [-0.3, -0.25) is 14.8 Å². The summed E-state index contributed by atoms with van der Waals surface area (Å²) in [7, 11) is 2.25. The SMILES string of the molecule is CC1[B]CCN(C(=O)c2cncc(N)c2)C1.N#Cc1cncc(Cc2ccccc2)c1. The smallest absolute Gasteiger partial charge is 0.255 e. The van der Waals surface area contributed by atoms with Crippen LogP contribution in [0.5, 0.6) is 0 Å². The summed E-state index contributed by atoms with van der Waals surface area (Å²) in [6.07, 6.45) is 8.28. The van der Waals surface area contributed by atoms with Crippen molar-refractivity contribution in [3.05, 3.63) is 89.5 Å². The predicted octanol–water partition coefficient (Wildman–Crippen LogP) is 3.59. The number of nitrogens with zero attached hydrogens (tertiary/aromatic N) is 4. The molecular formula is C24H25BN5O. The van der Waals surface area contributed by atoms with Crippen LogP contribution >= 0.6 is 0 Å². The molecule has 2 aromatic heterocycles. The third-order valence-corrected chi connectivity index (χ3v) is 4.95. The van der Waals surface area contributed by atoms with Crippen molar-refractivity contribution in [1.82, 2.24) is 14.9 Å². The highest BCUT2D eigenvalue weighted by molar-refractivity contribution is 6.38. The van der Waals surface area contributed by atoms with Gasteiger partial charge in [-0.05, 0) is 29.7 Å². The van der Waals surface area contributed by atoms with Crippen LogP contribution in [0.15, 0.2) is 67.3 Å². The summed E-state index contributed by atoms with van der Waals surface area (Å²) < 4.78 is 0. The minimum Gasteiger partial charge on any atom is -0.397 e. The van der Waals surface area contributed by atoms with Gasteiger partial charge >= 0.3 is 0 Å². The second-order valence-electron chi connectivity index (χ2n) is 7.62. The van der Waals surface area contributed by atoms with Gasteiger partial charge in [0.15, 0.2) is 0 Å². The monoisotopic (exact) mass is 410 g/mol. The van der Waals surface area contributed by atoms with Crippen molar-refractivity contribution in [1.29, 1.82) is 5.26 Å². The minimum absolute atomic E-state index is 0.0275. The van der Waals surface area contributed by atoms with E-state index in [-0.39, 0.29) is 5.91 Å². The van der Waals surface area contributed by atoms with E-state index < -0.39 is 0 Å². The number of hydrogen-bond acceptors (Lipinski definition) is 5. The number of nitriles is 1. The highest BCUT2D eigenvalue weighted by Gasteiger charge is 2.22. The average Bonchev–Trinajstić information content (AvgIpc) is 2.80. The molecule has 4 rings (SSSR count). The average molecular weight is 410 g/mol. The van der Waals surface area contributed by atoms with Gasteiger partial charge in [0.2, 0.25) is 0 Å². The maximum atomic E-state index is 12.1. The number of amides is 1. The van der Waals surface area contributed by atoms with Gasteiger partial charge in [0, 0.05) is 37.9 Å². The molecule has 155 valence electrons. The van der Waals surface area contributed by atoms with Gasteiger partial charge in [-0.15, -0.1) is 0 Å². The molecule has 0 bridgehead atoms. The zero-order valence-corrected chi connectivity index (χ0v) is 17.6. The third-order valence-electron chi connectivity index (χ3n) is 4.95. The van der Waals surface area contributed by atoms with E-state index in [2.05, 4.69) is 42.4 Å². The molecule has 7 heteroatoms. The topological polar surface area (TPSA) is 95.9 Å². The van der Waals surface area contributed by atoms with Crippen LogP contribution in [-0.2, 0) is 6.42 Å². The van der Waals surface area contributed by atoms with Gasteiger partial charge in [0.05, 0.1) is 16.8 Å². The van der Waals surface area contributed by atoms with Crippen molar-refractivity contribution in [2.24, 2.45) is 0 Å². The molecule has 1 aliphatic rings. The van der Waals surface area contributed by atoms with Crippen molar-refractivity contribution in [2.75, 3.05) is 18.8 Å². The van der Waals surface area contributed by atoms with Crippen LogP contribution in [0.4, 0.5) is 5.69 Å². The molecule has 0 aliphatic carbocycles. The van der Waals surface area contributed by atoms with Crippen molar-refractivity contribution in [3.63, 3.8) is 0 Å². The maximum Gasteiger partial charge on any atom is 0.255 e. The van der Waals surface area contributed by atoms with Crippen molar-refractivity contribution < 1.29 is 4.79 Å². The highest BCUT2D eigenvalue weighted by atomic mass is 16.2. The standard InChI is InChI=1S/C13H10N2.C11H15BN3O/c14-8-13-7-12(9-15-10-13)6-11-4-2-1-3-5-11;1-8-7-15(3-2-12-8)11(16)9-4-10(13)6-14-5-9/h1-5,7,9-10H,6H2;4-6,8H,2-3,7,13H2,1H3. The Kier molecular flexibility index (Phi) is 7.77.